The summed E-state index contributed by atoms with van der Waals surface area (Å²) in [6.07, 6.45) is 1.35. The molecule has 0 aliphatic rings. The minimum absolute atomic E-state index is 0.00301. The number of methoxy groups -OCH3 is 2. The minimum Gasteiger partial charge on any atom is -0.497 e. The lowest BCUT2D eigenvalue weighted by Gasteiger charge is -2.25. The monoisotopic (exact) mass is 367 g/mol. The van der Waals surface area contributed by atoms with Crippen LogP contribution in [0.5, 0.6) is 11.5 Å². The maximum Gasteiger partial charge on any atom is 0.310 e. The van der Waals surface area contributed by atoms with Crippen molar-refractivity contribution in [2.24, 2.45) is 5.92 Å². The lowest BCUT2D eigenvalue weighted by molar-refractivity contribution is -0.146. The highest BCUT2D eigenvalue weighted by atomic mass is 16.5. The highest BCUT2D eigenvalue weighted by molar-refractivity contribution is 5.78. The Labute approximate surface area is 154 Å². The molecule has 0 aliphatic heterocycles. The van der Waals surface area contributed by atoms with Crippen molar-refractivity contribution < 1.29 is 28.9 Å². The van der Waals surface area contributed by atoms with Crippen molar-refractivity contribution in [2.45, 2.75) is 26.2 Å². The molecule has 1 N–H and O–H groups in total. The number of carbonyl (C=O) groups is 2. The van der Waals surface area contributed by atoms with Crippen molar-refractivity contribution in [2.75, 3.05) is 40.5 Å². The van der Waals surface area contributed by atoms with Gasteiger partial charge in [0.2, 0.25) is 5.91 Å². The molecular weight excluding hydrogens is 338 g/mol. The van der Waals surface area contributed by atoms with Gasteiger partial charge in [0, 0.05) is 26.1 Å². The standard InChI is InChI=1S/C19H29NO6/c1-15(19(23)25-3)14-20(11-5-12-21)18(22)6-4-13-26-17-9-7-16(24-2)8-10-17/h7-10,15,21H,4-6,11-14H2,1-3H3. The largest absolute Gasteiger partial charge is 0.497 e. The van der Waals surface area contributed by atoms with Crippen LogP contribution in [-0.2, 0) is 14.3 Å². The van der Waals surface area contributed by atoms with E-state index in [0.29, 0.717) is 32.4 Å². The second kappa shape index (κ2) is 12.1. The highest BCUT2D eigenvalue weighted by Gasteiger charge is 2.21. The molecule has 146 valence electrons. The van der Waals surface area contributed by atoms with Crippen LogP contribution in [0.2, 0.25) is 0 Å². The smallest absolute Gasteiger partial charge is 0.310 e. The fourth-order valence-corrected chi connectivity index (χ4v) is 2.43. The molecule has 0 saturated heterocycles. The Balaban J connectivity index is 2.42. The zero-order valence-corrected chi connectivity index (χ0v) is 15.8. The number of ether oxygens (including phenoxy) is 3. The Morgan fingerprint density at radius 2 is 1.77 bits per heavy atom. The van der Waals surface area contributed by atoms with Crippen molar-refractivity contribution in [3.8, 4) is 11.5 Å². The molecule has 1 amide bonds. The van der Waals surface area contributed by atoms with Gasteiger partial charge in [0.15, 0.2) is 0 Å². The van der Waals surface area contributed by atoms with Crippen LogP contribution < -0.4 is 9.47 Å². The molecule has 0 saturated carbocycles. The summed E-state index contributed by atoms with van der Waals surface area (Å²) in [5.41, 5.74) is 0. The number of hydrogen-bond donors (Lipinski definition) is 1. The van der Waals surface area contributed by atoms with Gasteiger partial charge in [0.25, 0.3) is 0 Å². The molecular formula is C19H29NO6. The molecule has 7 heteroatoms. The molecule has 0 aromatic heterocycles. The first-order valence-electron chi connectivity index (χ1n) is 8.75. The van der Waals surface area contributed by atoms with Crippen LogP contribution in [0.15, 0.2) is 24.3 Å². The lowest BCUT2D eigenvalue weighted by atomic mass is 10.1. The number of nitrogens with zero attached hydrogens (tertiary/aromatic N) is 1. The third-order valence-corrected chi connectivity index (χ3v) is 3.90. The van der Waals surface area contributed by atoms with Crippen LogP contribution in [0.4, 0.5) is 0 Å². The SMILES string of the molecule is COC(=O)C(C)CN(CCCO)C(=O)CCCOc1ccc(OC)cc1. The number of carbonyl (C=O) groups excluding carboxylic acids is 2. The Morgan fingerprint density at radius 3 is 2.35 bits per heavy atom. The van der Waals surface area contributed by atoms with E-state index < -0.39 is 5.92 Å². The Bertz CT molecular complexity index is 545. The van der Waals surface area contributed by atoms with Crippen molar-refractivity contribution in [1.29, 1.82) is 0 Å². The fourth-order valence-electron chi connectivity index (χ4n) is 2.43. The maximum atomic E-state index is 12.4. The van der Waals surface area contributed by atoms with Crippen LogP contribution in [-0.4, -0.2) is 62.4 Å². The maximum absolute atomic E-state index is 12.4. The molecule has 0 fully saturated rings. The Hall–Kier alpha value is -2.28. The van der Waals surface area contributed by atoms with Gasteiger partial charge in [-0.1, -0.05) is 6.92 Å². The predicted molar refractivity (Wildman–Crippen MR) is 97.2 cm³/mol. The zero-order chi connectivity index (χ0) is 19.4. The molecule has 7 nitrogen and oxygen atoms in total. The van der Waals surface area contributed by atoms with E-state index in [-0.39, 0.29) is 25.0 Å². The summed E-state index contributed by atoms with van der Waals surface area (Å²) in [6.45, 7) is 2.83. The van der Waals surface area contributed by atoms with Crippen LogP contribution in [0.25, 0.3) is 0 Å². The Kier molecular flexibility index (Phi) is 10.2. The first kappa shape index (κ1) is 21.8. The second-order valence-electron chi connectivity index (χ2n) is 5.97. The summed E-state index contributed by atoms with van der Waals surface area (Å²) in [6, 6.07) is 7.25. The van der Waals surface area contributed by atoms with E-state index >= 15 is 0 Å². The average Bonchev–Trinajstić information content (AvgIpc) is 2.67. The summed E-state index contributed by atoms with van der Waals surface area (Å²) >= 11 is 0. The van der Waals surface area contributed by atoms with Gasteiger partial charge in [0.1, 0.15) is 11.5 Å². The molecule has 1 aromatic rings. The van der Waals surface area contributed by atoms with Gasteiger partial charge in [-0.2, -0.15) is 0 Å². The molecule has 0 aliphatic carbocycles. The van der Waals surface area contributed by atoms with Gasteiger partial charge in [-0.05, 0) is 37.1 Å². The van der Waals surface area contributed by atoms with Gasteiger partial charge in [-0.3, -0.25) is 9.59 Å². The number of benzene rings is 1. The first-order valence-corrected chi connectivity index (χ1v) is 8.75. The van der Waals surface area contributed by atoms with E-state index in [9.17, 15) is 9.59 Å². The van der Waals surface area contributed by atoms with Crippen LogP contribution in [0, 0.1) is 5.92 Å². The predicted octanol–water partition coefficient (Wildman–Crippen LogP) is 1.87. The van der Waals surface area contributed by atoms with E-state index in [1.165, 1.54) is 7.11 Å². The van der Waals surface area contributed by atoms with Crippen molar-refractivity contribution in [3.63, 3.8) is 0 Å². The summed E-state index contributed by atoms with van der Waals surface area (Å²) in [4.78, 5) is 25.6. The molecule has 0 heterocycles. The van der Waals surface area contributed by atoms with E-state index in [1.54, 1.807) is 18.9 Å². The highest BCUT2D eigenvalue weighted by Crippen LogP contribution is 2.17. The molecule has 0 spiro atoms. The third-order valence-electron chi connectivity index (χ3n) is 3.90. The number of aliphatic hydroxyl groups is 1. The number of aliphatic hydroxyl groups excluding tert-OH is 1. The number of amides is 1. The molecule has 1 rings (SSSR count). The van der Waals surface area contributed by atoms with Crippen molar-refractivity contribution >= 4 is 11.9 Å². The van der Waals surface area contributed by atoms with Crippen LogP contribution >= 0.6 is 0 Å². The molecule has 1 aromatic carbocycles. The Morgan fingerprint density at radius 1 is 1.12 bits per heavy atom. The number of hydrogen-bond acceptors (Lipinski definition) is 6. The molecule has 1 unspecified atom stereocenters. The first-order chi connectivity index (χ1) is 12.5. The molecule has 0 bridgehead atoms. The zero-order valence-electron chi connectivity index (χ0n) is 15.8. The molecule has 26 heavy (non-hydrogen) atoms. The summed E-state index contributed by atoms with van der Waals surface area (Å²) < 4.78 is 15.4. The van der Waals surface area contributed by atoms with E-state index in [2.05, 4.69) is 0 Å². The topological polar surface area (TPSA) is 85.3 Å². The van der Waals surface area contributed by atoms with Gasteiger partial charge in [-0.15, -0.1) is 0 Å². The lowest BCUT2D eigenvalue weighted by Crippen LogP contribution is -2.38. The van der Waals surface area contributed by atoms with Gasteiger partial charge >= 0.3 is 5.97 Å². The van der Waals surface area contributed by atoms with E-state index in [1.807, 2.05) is 24.3 Å². The number of rotatable bonds is 12. The summed E-state index contributed by atoms with van der Waals surface area (Å²) in [5.74, 6) is 0.654. The third kappa shape index (κ3) is 7.74. The number of esters is 1. The van der Waals surface area contributed by atoms with Crippen LogP contribution in [0.3, 0.4) is 0 Å². The van der Waals surface area contributed by atoms with Gasteiger partial charge < -0.3 is 24.2 Å². The summed E-state index contributed by atoms with van der Waals surface area (Å²) in [5, 5.41) is 9.01. The van der Waals surface area contributed by atoms with Gasteiger partial charge in [-0.25, -0.2) is 0 Å². The fraction of sp³-hybridized carbons (Fsp3) is 0.579. The van der Waals surface area contributed by atoms with Crippen LogP contribution in [0.1, 0.15) is 26.2 Å². The molecule has 0 radical (unpaired) electrons. The molecule has 1 atom stereocenters. The van der Waals surface area contributed by atoms with E-state index in [0.717, 1.165) is 11.5 Å². The normalized spacial score (nSPS) is 11.5. The summed E-state index contributed by atoms with van der Waals surface area (Å²) in [7, 11) is 2.93. The van der Waals surface area contributed by atoms with E-state index in [4.69, 9.17) is 19.3 Å². The minimum atomic E-state index is -0.404. The van der Waals surface area contributed by atoms with Crippen molar-refractivity contribution in [3.05, 3.63) is 24.3 Å². The van der Waals surface area contributed by atoms with Gasteiger partial charge in [0.05, 0.1) is 26.7 Å². The quantitative estimate of drug-likeness (QED) is 0.448. The average molecular weight is 367 g/mol. The van der Waals surface area contributed by atoms with Crippen molar-refractivity contribution in [1.82, 2.24) is 4.90 Å². The second-order valence-corrected chi connectivity index (χ2v) is 5.97.